The van der Waals surface area contributed by atoms with Gasteiger partial charge in [0, 0.05) is 18.4 Å². The van der Waals surface area contributed by atoms with E-state index in [1.165, 1.54) is 0 Å². The van der Waals surface area contributed by atoms with Crippen molar-refractivity contribution in [2.75, 3.05) is 13.1 Å². The second-order valence-corrected chi connectivity index (χ2v) is 5.76. The molecule has 120 valence electrons. The normalized spacial score (nSPS) is 15.0. The van der Waals surface area contributed by atoms with Crippen molar-refractivity contribution in [2.24, 2.45) is 4.99 Å². The summed E-state index contributed by atoms with van der Waals surface area (Å²) in [4.78, 5) is 24.9. The van der Waals surface area contributed by atoms with Crippen LogP contribution in [-0.4, -0.2) is 39.2 Å². The Balaban J connectivity index is 1.72. The average molecular weight is 319 g/mol. The van der Waals surface area contributed by atoms with E-state index in [4.69, 9.17) is 0 Å². The van der Waals surface area contributed by atoms with Crippen molar-refractivity contribution in [1.29, 1.82) is 0 Å². The van der Waals surface area contributed by atoms with Gasteiger partial charge in [-0.05, 0) is 30.7 Å². The number of nitrogens with zero attached hydrogens (tertiary/aromatic N) is 4. The molecule has 0 aliphatic carbocycles. The molecule has 1 amide bonds. The molecule has 0 saturated carbocycles. The molecule has 6 nitrogen and oxygen atoms in total. The third kappa shape index (κ3) is 2.56. The summed E-state index contributed by atoms with van der Waals surface area (Å²) in [6.45, 7) is 3.21. The molecule has 3 aromatic rings. The molecule has 0 saturated heterocycles. The summed E-state index contributed by atoms with van der Waals surface area (Å²) in [6.07, 6.45) is 3.87. The molecule has 3 heterocycles. The van der Waals surface area contributed by atoms with Gasteiger partial charge in [0.15, 0.2) is 0 Å². The van der Waals surface area contributed by atoms with Gasteiger partial charge >= 0.3 is 0 Å². The Hall–Kier alpha value is -3.02. The number of aromatic nitrogens is 3. The molecule has 0 unspecified atom stereocenters. The van der Waals surface area contributed by atoms with E-state index in [1.807, 2.05) is 37.3 Å². The van der Waals surface area contributed by atoms with Crippen molar-refractivity contribution in [3.05, 3.63) is 54.1 Å². The summed E-state index contributed by atoms with van der Waals surface area (Å²) in [5.74, 6) is 0.941. The van der Waals surface area contributed by atoms with Gasteiger partial charge in [0.05, 0.1) is 30.4 Å². The van der Waals surface area contributed by atoms with Crippen molar-refractivity contribution < 1.29 is 4.79 Å². The summed E-state index contributed by atoms with van der Waals surface area (Å²) in [5.41, 5.74) is 4.77. The van der Waals surface area contributed by atoms with E-state index in [-0.39, 0.29) is 5.91 Å². The smallest absolute Gasteiger partial charge is 0.226 e. The second kappa shape index (κ2) is 5.88. The number of imidazole rings is 1. The van der Waals surface area contributed by atoms with Crippen LogP contribution in [0.25, 0.3) is 16.7 Å². The molecule has 1 aromatic carbocycles. The maximum Gasteiger partial charge on any atom is 0.226 e. The molecule has 1 N–H and O–H groups in total. The zero-order valence-electron chi connectivity index (χ0n) is 13.4. The van der Waals surface area contributed by atoms with Crippen LogP contribution in [0, 0.1) is 6.92 Å². The number of hydrogen-bond acceptors (Lipinski definition) is 4. The molecule has 0 atom stereocenters. The highest BCUT2D eigenvalue weighted by Gasteiger charge is 2.14. The first kappa shape index (κ1) is 14.6. The Kier molecular flexibility index (Phi) is 3.57. The minimum absolute atomic E-state index is 0.0271. The quantitative estimate of drug-likeness (QED) is 0.785. The van der Waals surface area contributed by atoms with Crippen molar-refractivity contribution in [3.63, 3.8) is 0 Å². The van der Waals surface area contributed by atoms with Crippen molar-refractivity contribution in [3.8, 4) is 5.69 Å². The maximum atomic E-state index is 11.7. The number of fused-ring (bicyclic) bond motifs is 1. The van der Waals surface area contributed by atoms with E-state index in [0.717, 1.165) is 33.8 Å². The van der Waals surface area contributed by atoms with E-state index >= 15 is 0 Å². The number of hydrogen-bond donors (Lipinski definition) is 1. The lowest BCUT2D eigenvalue weighted by molar-refractivity contribution is -0.119. The first-order valence-electron chi connectivity index (χ1n) is 7.92. The minimum Gasteiger partial charge on any atom is -0.354 e. The summed E-state index contributed by atoms with van der Waals surface area (Å²) in [7, 11) is 0. The molecule has 1 aliphatic rings. The molecule has 2 aromatic heterocycles. The number of carbonyl (C=O) groups is 1. The highest BCUT2D eigenvalue weighted by atomic mass is 16.1. The number of nitrogens with one attached hydrogen (secondary N) is 1. The zero-order valence-corrected chi connectivity index (χ0v) is 13.4. The molecule has 6 heteroatoms. The molecule has 0 radical (unpaired) electrons. The van der Waals surface area contributed by atoms with Crippen LogP contribution in [0.15, 0.2) is 47.7 Å². The van der Waals surface area contributed by atoms with Crippen LogP contribution in [0.3, 0.4) is 0 Å². The summed E-state index contributed by atoms with van der Waals surface area (Å²) >= 11 is 0. The fourth-order valence-electron chi connectivity index (χ4n) is 3.03. The van der Waals surface area contributed by atoms with Crippen LogP contribution in [0.5, 0.6) is 0 Å². The van der Waals surface area contributed by atoms with E-state index in [2.05, 4.69) is 24.8 Å². The van der Waals surface area contributed by atoms with E-state index in [0.29, 0.717) is 19.5 Å². The molecule has 1 aliphatic heterocycles. The summed E-state index contributed by atoms with van der Waals surface area (Å²) < 4.78 is 2.10. The minimum atomic E-state index is 0.0271. The van der Waals surface area contributed by atoms with Crippen LogP contribution in [0.4, 0.5) is 0 Å². The number of carbonyl (C=O) groups excluding carboxylic acids is 1. The Bertz CT molecular complexity index is 940. The van der Waals surface area contributed by atoms with Crippen LogP contribution >= 0.6 is 0 Å². The molecule has 24 heavy (non-hydrogen) atoms. The van der Waals surface area contributed by atoms with Crippen molar-refractivity contribution in [1.82, 2.24) is 19.9 Å². The van der Waals surface area contributed by atoms with E-state index in [9.17, 15) is 4.79 Å². The van der Waals surface area contributed by atoms with Gasteiger partial charge in [-0.15, -0.1) is 0 Å². The largest absolute Gasteiger partial charge is 0.354 e. The molecule has 4 rings (SSSR count). The van der Waals surface area contributed by atoms with Crippen molar-refractivity contribution in [2.45, 2.75) is 13.3 Å². The van der Waals surface area contributed by atoms with Crippen LogP contribution < -0.4 is 5.32 Å². The van der Waals surface area contributed by atoms with Crippen molar-refractivity contribution >= 4 is 22.7 Å². The number of pyridine rings is 1. The maximum absolute atomic E-state index is 11.7. The first-order chi connectivity index (χ1) is 11.7. The SMILES string of the molecule is Cc1nc2cnccc2n1-c1ccc(C2=NCCNC(=O)C2)cc1. The summed E-state index contributed by atoms with van der Waals surface area (Å²) in [6, 6.07) is 10.1. The lowest BCUT2D eigenvalue weighted by Gasteiger charge is -2.09. The van der Waals surface area contributed by atoms with Gasteiger partial charge in [0.25, 0.3) is 0 Å². The second-order valence-electron chi connectivity index (χ2n) is 5.76. The van der Waals surface area contributed by atoms with Gasteiger partial charge in [-0.3, -0.25) is 19.3 Å². The predicted octanol–water partition coefficient (Wildman–Crippen LogP) is 2.04. The Morgan fingerprint density at radius 3 is 2.83 bits per heavy atom. The number of aliphatic imine (C=N–C) groups is 1. The third-order valence-electron chi connectivity index (χ3n) is 4.15. The first-order valence-corrected chi connectivity index (χ1v) is 7.92. The van der Waals surface area contributed by atoms with Crippen LogP contribution in [-0.2, 0) is 4.79 Å². The molecular weight excluding hydrogens is 302 g/mol. The van der Waals surface area contributed by atoms with Gasteiger partial charge < -0.3 is 5.32 Å². The lowest BCUT2D eigenvalue weighted by atomic mass is 10.1. The third-order valence-corrected chi connectivity index (χ3v) is 4.15. The van der Waals surface area contributed by atoms with Gasteiger partial charge in [0.2, 0.25) is 5.91 Å². The molecule has 0 fully saturated rings. The summed E-state index contributed by atoms with van der Waals surface area (Å²) in [5, 5.41) is 2.83. The Labute approximate surface area is 139 Å². The molecule has 0 bridgehead atoms. The monoisotopic (exact) mass is 319 g/mol. The molecule has 0 spiro atoms. The van der Waals surface area contributed by atoms with Crippen LogP contribution in [0.1, 0.15) is 17.8 Å². The number of amides is 1. The number of aryl methyl sites for hydroxylation is 1. The fraction of sp³-hybridized carbons (Fsp3) is 0.222. The van der Waals surface area contributed by atoms with Gasteiger partial charge in [0.1, 0.15) is 11.3 Å². The van der Waals surface area contributed by atoms with Gasteiger partial charge in [-0.25, -0.2) is 4.98 Å². The average Bonchev–Trinajstić information content (AvgIpc) is 2.77. The van der Waals surface area contributed by atoms with Gasteiger partial charge in [-0.2, -0.15) is 0 Å². The topological polar surface area (TPSA) is 72.2 Å². The highest BCUT2D eigenvalue weighted by molar-refractivity contribution is 6.11. The van der Waals surface area contributed by atoms with E-state index < -0.39 is 0 Å². The standard InChI is InChI=1S/C18H17N5O/c1-12-22-16-11-19-7-6-17(16)23(12)14-4-2-13(3-5-14)15-10-18(24)21-9-8-20-15/h2-7,11H,8-10H2,1H3,(H,21,24). The van der Waals surface area contributed by atoms with Crippen LogP contribution in [0.2, 0.25) is 0 Å². The van der Waals surface area contributed by atoms with E-state index in [1.54, 1.807) is 12.4 Å². The highest BCUT2D eigenvalue weighted by Crippen LogP contribution is 2.21. The predicted molar refractivity (Wildman–Crippen MR) is 92.6 cm³/mol. The fourth-order valence-corrected chi connectivity index (χ4v) is 3.03. The van der Waals surface area contributed by atoms with Gasteiger partial charge in [-0.1, -0.05) is 12.1 Å². The molecular formula is C18H17N5O. The Morgan fingerprint density at radius 2 is 2.00 bits per heavy atom. The lowest BCUT2D eigenvalue weighted by Crippen LogP contribution is -2.24. The zero-order chi connectivity index (χ0) is 16.5. The Morgan fingerprint density at radius 1 is 1.17 bits per heavy atom. The number of rotatable bonds is 2. The number of benzene rings is 1.